The van der Waals surface area contributed by atoms with E-state index in [-0.39, 0.29) is 0 Å². The van der Waals surface area contributed by atoms with Crippen LogP contribution in [0.1, 0.15) is 5.69 Å². The van der Waals surface area contributed by atoms with E-state index in [4.69, 9.17) is 4.74 Å². The zero-order valence-electron chi connectivity index (χ0n) is 14.6. The topological polar surface area (TPSA) is 81.0 Å². The Morgan fingerprint density at radius 1 is 1.15 bits per heavy atom. The molecule has 3 aromatic rings. The van der Waals surface area contributed by atoms with E-state index in [0.717, 1.165) is 37.8 Å². The minimum atomic E-state index is 0.346. The number of nitrogens with one attached hydrogen (secondary N) is 1. The predicted octanol–water partition coefficient (Wildman–Crippen LogP) is 1.83. The number of rotatable bonds is 5. The molecule has 0 aromatic carbocycles. The van der Waals surface area contributed by atoms with Crippen LogP contribution >= 0.6 is 0 Å². The van der Waals surface area contributed by atoms with E-state index in [1.54, 1.807) is 13.3 Å². The Morgan fingerprint density at radius 3 is 2.96 bits per heavy atom. The third-order valence-corrected chi connectivity index (χ3v) is 4.46. The van der Waals surface area contributed by atoms with Gasteiger partial charge in [-0.15, -0.1) is 0 Å². The highest BCUT2D eigenvalue weighted by Crippen LogP contribution is 2.23. The molecule has 0 saturated heterocycles. The molecule has 26 heavy (non-hydrogen) atoms. The fourth-order valence-electron chi connectivity index (χ4n) is 3.17. The molecule has 0 radical (unpaired) electrons. The summed E-state index contributed by atoms with van der Waals surface area (Å²) in [5, 5.41) is 7.90. The van der Waals surface area contributed by atoms with E-state index in [2.05, 4.69) is 41.0 Å². The van der Waals surface area contributed by atoms with Crippen molar-refractivity contribution in [2.24, 2.45) is 5.92 Å². The van der Waals surface area contributed by atoms with Crippen LogP contribution in [0.3, 0.4) is 0 Å². The summed E-state index contributed by atoms with van der Waals surface area (Å²) in [7, 11) is 1.61. The second-order valence-electron chi connectivity index (χ2n) is 6.27. The molecule has 0 aliphatic carbocycles. The molecule has 1 aliphatic rings. The van der Waals surface area contributed by atoms with Crippen LogP contribution in [0, 0.1) is 5.92 Å². The van der Waals surface area contributed by atoms with Crippen LogP contribution in [0.4, 0.5) is 11.6 Å². The number of nitrogens with zero attached hydrogens (tertiary/aromatic N) is 6. The van der Waals surface area contributed by atoms with Gasteiger partial charge in [0, 0.05) is 44.0 Å². The van der Waals surface area contributed by atoms with Gasteiger partial charge < -0.3 is 15.0 Å². The van der Waals surface area contributed by atoms with Crippen molar-refractivity contribution in [3.8, 4) is 5.88 Å². The Balaban J connectivity index is 1.55. The highest BCUT2D eigenvalue weighted by atomic mass is 16.5. The number of pyridine rings is 1. The number of ether oxygens (including phenoxy) is 1. The minimum Gasteiger partial charge on any atom is -0.481 e. The molecule has 1 atom stereocenters. The summed E-state index contributed by atoms with van der Waals surface area (Å²) in [6.45, 7) is 3.25. The smallest absolute Gasteiger partial charge is 0.218 e. The van der Waals surface area contributed by atoms with Crippen LogP contribution in [-0.2, 0) is 13.1 Å². The lowest BCUT2D eigenvalue weighted by atomic mass is 10.1. The predicted molar refractivity (Wildman–Crippen MR) is 98.1 cm³/mol. The Morgan fingerprint density at radius 2 is 2.12 bits per heavy atom. The molecule has 0 bridgehead atoms. The van der Waals surface area contributed by atoms with Crippen molar-refractivity contribution >= 4 is 11.6 Å². The molecule has 8 heteroatoms. The molecule has 134 valence electrons. The van der Waals surface area contributed by atoms with Gasteiger partial charge in [-0.05, 0) is 18.2 Å². The fraction of sp³-hybridized carbons (Fsp3) is 0.333. The first-order chi connectivity index (χ1) is 12.8. The molecule has 0 fully saturated rings. The van der Waals surface area contributed by atoms with Gasteiger partial charge in [0.2, 0.25) is 5.88 Å². The van der Waals surface area contributed by atoms with Crippen LogP contribution < -0.4 is 15.0 Å². The summed E-state index contributed by atoms with van der Waals surface area (Å²) < 4.78 is 7.32. The van der Waals surface area contributed by atoms with Crippen molar-refractivity contribution in [3.63, 3.8) is 0 Å². The summed E-state index contributed by atoms with van der Waals surface area (Å²) >= 11 is 0. The van der Waals surface area contributed by atoms with Crippen molar-refractivity contribution in [3.05, 3.63) is 54.7 Å². The average molecular weight is 351 g/mol. The van der Waals surface area contributed by atoms with E-state index < -0.39 is 0 Å². The average Bonchev–Trinajstić information content (AvgIpc) is 3.05. The molecule has 4 rings (SSSR count). The van der Waals surface area contributed by atoms with E-state index in [1.165, 1.54) is 12.0 Å². The fourth-order valence-corrected chi connectivity index (χ4v) is 3.17. The number of hydrogen-bond donors (Lipinski definition) is 1. The molecular formula is C18H21N7O. The normalized spacial score (nSPS) is 16.7. The number of aromatic nitrogens is 5. The van der Waals surface area contributed by atoms with Crippen molar-refractivity contribution < 1.29 is 4.74 Å². The Labute approximate surface area is 151 Å². The van der Waals surface area contributed by atoms with Crippen LogP contribution in [0.2, 0.25) is 0 Å². The van der Waals surface area contributed by atoms with Crippen LogP contribution in [0.5, 0.6) is 5.88 Å². The number of methoxy groups -OCH3 is 1. The molecular weight excluding hydrogens is 330 g/mol. The van der Waals surface area contributed by atoms with Gasteiger partial charge in [0.05, 0.1) is 19.3 Å². The van der Waals surface area contributed by atoms with E-state index in [1.807, 2.05) is 30.5 Å². The maximum Gasteiger partial charge on any atom is 0.218 e. The maximum atomic E-state index is 5.25. The summed E-state index contributed by atoms with van der Waals surface area (Å²) in [4.78, 5) is 15.1. The number of anilines is 2. The zero-order chi connectivity index (χ0) is 17.8. The molecule has 0 spiro atoms. The zero-order valence-corrected chi connectivity index (χ0v) is 14.6. The SMILES string of the molecule is COc1cc(N2Cc3ccnn3C[C@@H](CNc3ccccn3)C2)ncn1. The first-order valence-corrected chi connectivity index (χ1v) is 8.58. The minimum absolute atomic E-state index is 0.346. The van der Waals surface area contributed by atoms with Gasteiger partial charge in [0.25, 0.3) is 0 Å². The monoisotopic (exact) mass is 351 g/mol. The van der Waals surface area contributed by atoms with Gasteiger partial charge in [-0.1, -0.05) is 6.07 Å². The molecule has 0 amide bonds. The van der Waals surface area contributed by atoms with Crippen LogP contribution in [-0.4, -0.2) is 44.9 Å². The summed E-state index contributed by atoms with van der Waals surface area (Å²) in [6.07, 6.45) is 5.18. The molecule has 4 heterocycles. The molecule has 1 aliphatic heterocycles. The maximum absolute atomic E-state index is 5.25. The molecule has 0 unspecified atom stereocenters. The van der Waals surface area contributed by atoms with Crippen LogP contribution in [0.15, 0.2) is 49.1 Å². The van der Waals surface area contributed by atoms with E-state index in [9.17, 15) is 0 Å². The highest BCUT2D eigenvalue weighted by molar-refractivity contribution is 5.42. The molecule has 8 nitrogen and oxygen atoms in total. The summed E-state index contributed by atoms with van der Waals surface area (Å²) in [6, 6.07) is 9.79. The van der Waals surface area contributed by atoms with Gasteiger partial charge in [-0.2, -0.15) is 5.10 Å². The lowest BCUT2D eigenvalue weighted by molar-refractivity contribution is 0.396. The lowest BCUT2D eigenvalue weighted by Gasteiger charge is -2.25. The summed E-state index contributed by atoms with van der Waals surface area (Å²) in [5.41, 5.74) is 1.17. The van der Waals surface area contributed by atoms with E-state index in [0.29, 0.717) is 11.8 Å². The first kappa shape index (κ1) is 16.3. The van der Waals surface area contributed by atoms with Crippen LogP contribution in [0.25, 0.3) is 0 Å². The quantitative estimate of drug-likeness (QED) is 0.751. The van der Waals surface area contributed by atoms with Gasteiger partial charge >= 0.3 is 0 Å². The van der Waals surface area contributed by atoms with Crippen molar-refractivity contribution in [1.29, 1.82) is 0 Å². The molecule has 0 saturated carbocycles. The largest absolute Gasteiger partial charge is 0.481 e. The van der Waals surface area contributed by atoms with Gasteiger partial charge in [0.15, 0.2) is 0 Å². The van der Waals surface area contributed by atoms with Crippen molar-refractivity contribution in [1.82, 2.24) is 24.7 Å². The second kappa shape index (κ2) is 7.38. The van der Waals surface area contributed by atoms with Gasteiger partial charge in [0.1, 0.15) is 18.0 Å². The third-order valence-electron chi connectivity index (χ3n) is 4.46. The lowest BCUT2D eigenvalue weighted by Crippen LogP contribution is -2.32. The third kappa shape index (κ3) is 3.58. The molecule has 3 aromatic heterocycles. The second-order valence-corrected chi connectivity index (χ2v) is 6.27. The Hall–Kier alpha value is -3.16. The standard InChI is InChI=1S/C18H21N7O/c1-26-18-8-17(21-13-22-18)24-10-14(9-20-16-4-2-3-6-19-16)11-25-15(12-24)5-7-23-25/h2-8,13-14H,9-12H2,1H3,(H,19,20)/t14-/m0/s1. The number of hydrogen-bond acceptors (Lipinski definition) is 7. The van der Waals surface area contributed by atoms with Gasteiger partial charge in [-0.3, -0.25) is 4.68 Å². The Kier molecular flexibility index (Phi) is 4.63. The first-order valence-electron chi connectivity index (χ1n) is 8.58. The number of fused-ring (bicyclic) bond motifs is 1. The molecule has 1 N–H and O–H groups in total. The van der Waals surface area contributed by atoms with E-state index >= 15 is 0 Å². The summed E-state index contributed by atoms with van der Waals surface area (Å²) in [5.74, 6) is 2.65. The Bertz CT molecular complexity index is 852. The van der Waals surface area contributed by atoms with Crippen molar-refractivity contribution in [2.45, 2.75) is 13.1 Å². The van der Waals surface area contributed by atoms with Crippen molar-refractivity contribution in [2.75, 3.05) is 30.4 Å². The van der Waals surface area contributed by atoms with Gasteiger partial charge in [-0.25, -0.2) is 15.0 Å². The highest BCUT2D eigenvalue weighted by Gasteiger charge is 2.23.